The second-order valence-electron chi connectivity index (χ2n) is 8.48. The fourth-order valence-corrected chi connectivity index (χ4v) is 2.79. The third-order valence-corrected chi connectivity index (χ3v) is 5.24. The molecule has 0 N–H and O–H groups in total. The minimum Gasteiger partial charge on any atom is -0.452 e. The van der Waals surface area contributed by atoms with Crippen LogP contribution in [0, 0.1) is 0 Å². The highest BCUT2D eigenvalue weighted by Crippen LogP contribution is 2.56. The molecule has 45 heavy (non-hydrogen) atoms. The number of ether oxygens (including phenoxy) is 4. The third-order valence-electron chi connectivity index (χ3n) is 5.06. The SMILES string of the molecule is C[C@H](Cl)C(=O)Oc1ccc(-c2ccc(OC(F)C(F)(F)OC(F)(F)C(F)(F)OC(F)(F)C(F)(F)C(F)(F)C(F)(F)F)cc2)cc1. The van der Waals surface area contributed by atoms with E-state index in [-0.39, 0.29) is 11.3 Å². The van der Waals surface area contributed by atoms with Crippen LogP contribution in [-0.4, -0.2) is 60.2 Å². The number of hydrogen-bond acceptors (Lipinski definition) is 5. The Labute approximate surface area is 244 Å². The fraction of sp³-hybridized carbons (Fsp3) is 0.435. The molecule has 0 aliphatic carbocycles. The maximum atomic E-state index is 14.0. The van der Waals surface area contributed by atoms with Gasteiger partial charge in [0.15, 0.2) is 0 Å². The molecule has 0 bridgehead atoms. The fourth-order valence-electron chi connectivity index (χ4n) is 2.75. The Kier molecular flexibility index (Phi) is 10.6. The molecule has 2 rings (SSSR count). The molecule has 0 aromatic heterocycles. The van der Waals surface area contributed by atoms with Crippen molar-refractivity contribution in [1.29, 1.82) is 0 Å². The molecule has 2 atom stereocenters. The molecule has 0 spiro atoms. The number of carbonyl (C=O) groups is 1. The zero-order chi connectivity index (χ0) is 35.0. The first kappa shape index (κ1) is 38.0. The Morgan fingerprint density at radius 2 is 1.02 bits per heavy atom. The van der Waals surface area contributed by atoms with Gasteiger partial charge in [-0.05, 0) is 42.3 Å². The summed E-state index contributed by atoms with van der Waals surface area (Å²) in [5.74, 6) is -17.6. The van der Waals surface area contributed by atoms with E-state index in [2.05, 4.69) is 9.47 Å². The maximum Gasteiger partial charge on any atom is 0.460 e. The summed E-state index contributed by atoms with van der Waals surface area (Å²) in [4.78, 5) is 11.5. The molecule has 22 heteroatoms. The third kappa shape index (κ3) is 8.15. The molecule has 2 aromatic carbocycles. The minimum atomic E-state index is -8.02. The van der Waals surface area contributed by atoms with Gasteiger partial charge in [-0.15, -0.1) is 11.6 Å². The highest BCUT2D eigenvalue weighted by atomic mass is 35.5. The first-order valence-corrected chi connectivity index (χ1v) is 11.6. The van der Waals surface area contributed by atoms with Crippen LogP contribution in [0.15, 0.2) is 48.5 Å². The van der Waals surface area contributed by atoms with Gasteiger partial charge >= 0.3 is 54.8 Å². The van der Waals surface area contributed by atoms with E-state index >= 15 is 0 Å². The van der Waals surface area contributed by atoms with Gasteiger partial charge in [-0.25, -0.2) is 9.47 Å². The Morgan fingerprint density at radius 3 is 1.42 bits per heavy atom. The summed E-state index contributed by atoms with van der Waals surface area (Å²) in [6.07, 6.45) is -41.0. The average Bonchev–Trinajstić information content (AvgIpc) is 2.87. The first-order valence-electron chi connectivity index (χ1n) is 11.2. The van der Waals surface area contributed by atoms with Gasteiger partial charge in [-0.1, -0.05) is 24.3 Å². The number of alkyl halides is 17. The van der Waals surface area contributed by atoms with Crippen molar-refractivity contribution < 1.29 is 94.0 Å². The van der Waals surface area contributed by atoms with Crippen molar-refractivity contribution in [2.75, 3.05) is 0 Å². The predicted molar refractivity (Wildman–Crippen MR) is 116 cm³/mol. The van der Waals surface area contributed by atoms with E-state index in [1.54, 1.807) is 0 Å². The Balaban J connectivity index is 2.15. The minimum absolute atomic E-state index is 0.0585. The monoisotopic (exact) mass is 708 g/mol. The van der Waals surface area contributed by atoms with E-state index in [9.17, 15) is 75.0 Å². The average molecular weight is 709 g/mol. The summed E-state index contributed by atoms with van der Waals surface area (Å²) in [7, 11) is 0. The molecule has 0 aliphatic rings. The van der Waals surface area contributed by atoms with Crippen molar-refractivity contribution in [1.82, 2.24) is 0 Å². The second kappa shape index (κ2) is 12.5. The van der Waals surface area contributed by atoms with E-state index in [4.69, 9.17) is 16.3 Å². The predicted octanol–water partition coefficient (Wildman–Crippen LogP) is 8.80. The quantitative estimate of drug-likeness (QED) is 0.0902. The lowest BCUT2D eigenvalue weighted by Gasteiger charge is -2.36. The van der Waals surface area contributed by atoms with Crippen LogP contribution in [0.3, 0.4) is 0 Å². The van der Waals surface area contributed by atoms with Crippen molar-refractivity contribution in [3.8, 4) is 22.6 Å². The lowest BCUT2D eigenvalue weighted by atomic mass is 10.1. The van der Waals surface area contributed by atoms with Crippen LogP contribution in [0.4, 0.5) is 70.2 Å². The Bertz CT molecular complexity index is 1310. The Hall–Kier alpha value is -3.20. The van der Waals surface area contributed by atoms with E-state index in [1.165, 1.54) is 35.9 Å². The maximum absolute atomic E-state index is 14.0. The van der Waals surface area contributed by atoms with E-state index < -0.39 is 65.9 Å². The molecule has 1 unspecified atom stereocenters. The molecular weight excluding hydrogens is 696 g/mol. The van der Waals surface area contributed by atoms with Gasteiger partial charge in [0.25, 0.3) is 0 Å². The molecule has 254 valence electrons. The van der Waals surface area contributed by atoms with Crippen molar-refractivity contribution in [2.24, 2.45) is 0 Å². The van der Waals surface area contributed by atoms with Crippen LogP contribution < -0.4 is 9.47 Å². The summed E-state index contributed by atoms with van der Waals surface area (Å²) >= 11 is 5.55. The van der Waals surface area contributed by atoms with Gasteiger partial charge in [0.05, 0.1) is 0 Å². The largest absolute Gasteiger partial charge is 0.460 e. The number of rotatable bonds is 13. The number of hydrogen-bond donors (Lipinski definition) is 0. The first-order chi connectivity index (χ1) is 20.1. The molecule has 5 nitrogen and oxygen atoms in total. The smallest absolute Gasteiger partial charge is 0.452 e. The molecule has 0 amide bonds. The normalized spacial score (nSPS) is 15.4. The standard InChI is InChI=1S/C23H13ClF16O5/c1-10(24)15(41)42-13-6-2-11(3-7-13)12-4-8-14(9-5-12)43-16(25)17(26,27)44-22(37,38)23(39,40)45-21(35,36)19(30,31)18(28,29)20(32,33)34/h2-10,16H,1H3/t10-,16?/m0/s1. The topological polar surface area (TPSA) is 54.0 Å². The van der Waals surface area contributed by atoms with Crippen LogP contribution >= 0.6 is 11.6 Å². The van der Waals surface area contributed by atoms with E-state index in [0.717, 1.165) is 12.1 Å². The molecule has 2 aromatic rings. The zero-order valence-corrected chi connectivity index (χ0v) is 22.0. The number of esters is 1. The van der Waals surface area contributed by atoms with Gasteiger partial charge in [-0.2, -0.15) is 70.2 Å². The zero-order valence-electron chi connectivity index (χ0n) is 21.2. The van der Waals surface area contributed by atoms with Crippen LogP contribution in [0.25, 0.3) is 11.1 Å². The highest BCUT2D eigenvalue weighted by Gasteiger charge is 2.85. The summed E-state index contributed by atoms with van der Waals surface area (Å²) in [5, 5.41) is -0.976. The molecular formula is C23H13ClF16O5. The molecule has 0 saturated heterocycles. The summed E-state index contributed by atoms with van der Waals surface area (Å²) in [5.41, 5.74) is 0.587. The van der Waals surface area contributed by atoms with Crippen LogP contribution in [-0.2, 0) is 14.3 Å². The second-order valence-corrected chi connectivity index (χ2v) is 9.14. The highest BCUT2D eigenvalue weighted by molar-refractivity contribution is 6.29. The Morgan fingerprint density at radius 1 is 0.622 bits per heavy atom. The van der Waals surface area contributed by atoms with Crippen LogP contribution in [0.2, 0.25) is 0 Å². The number of carbonyl (C=O) groups excluding carboxylic acids is 1. The molecule has 0 saturated carbocycles. The van der Waals surface area contributed by atoms with Crippen molar-refractivity contribution in [2.45, 2.75) is 61.1 Å². The van der Waals surface area contributed by atoms with Crippen molar-refractivity contribution >= 4 is 17.6 Å². The molecule has 0 radical (unpaired) electrons. The number of halogens is 17. The molecule has 0 fully saturated rings. The lowest BCUT2D eigenvalue weighted by molar-refractivity contribution is -0.547. The summed E-state index contributed by atoms with van der Waals surface area (Å²) < 4.78 is 223. The van der Waals surface area contributed by atoms with Crippen LogP contribution in [0.1, 0.15) is 6.92 Å². The van der Waals surface area contributed by atoms with Gasteiger partial charge in [0.2, 0.25) is 0 Å². The van der Waals surface area contributed by atoms with Crippen LogP contribution in [0.5, 0.6) is 11.5 Å². The van der Waals surface area contributed by atoms with E-state index in [0.29, 0.717) is 17.7 Å². The summed E-state index contributed by atoms with van der Waals surface area (Å²) in [6.45, 7) is 1.34. The van der Waals surface area contributed by atoms with Crippen molar-refractivity contribution in [3.63, 3.8) is 0 Å². The van der Waals surface area contributed by atoms with Gasteiger partial charge in [-0.3, -0.25) is 4.79 Å². The number of benzene rings is 2. The lowest BCUT2D eigenvalue weighted by Crippen LogP contribution is -2.64. The summed E-state index contributed by atoms with van der Waals surface area (Å²) in [6, 6.07) is 8.82. The molecule has 0 aliphatic heterocycles. The van der Waals surface area contributed by atoms with Gasteiger partial charge < -0.3 is 9.47 Å². The van der Waals surface area contributed by atoms with Crippen molar-refractivity contribution in [3.05, 3.63) is 48.5 Å². The van der Waals surface area contributed by atoms with Gasteiger partial charge in [0, 0.05) is 0 Å². The molecule has 0 heterocycles. The van der Waals surface area contributed by atoms with E-state index in [1.807, 2.05) is 0 Å². The van der Waals surface area contributed by atoms with Gasteiger partial charge in [0.1, 0.15) is 16.9 Å².